The predicted molar refractivity (Wildman–Crippen MR) is 111 cm³/mol. The van der Waals surface area contributed by atoms with Gasteiger partial charge in [0.2, 0.25) is 5.91 Å². The number of halogens is 2. The number of amides is 2. The molecule has 0 spiro atoms. The zero-order valence-corrected chi connectivity index (χ0v) is 17.3. The van der Waals surface area contributed by atoms with Crippen LogP contribution in [0.15, 0.2) is 18.2 Å². The Morgan fingerprint density at radius 3 is 2.74 bits per heavy atom. The van der Waals surface area contributed by atoms with Crippen molar-refractivity contribution in [1.82, 2.24) is 4.90 Å². The molecule has 0 radical (unpaired) electrons. The van der Waals surface area contributed by atoms with E-state index >= 15 is 0 Å². The molecule has 8 heteroatoms. The van der Waals surface area contributed by atoms with Crippen LogP contribution >= 0.6 is 34.5 Å². The summed E-state index contributed by atoms with van der Waals surface area (Å²) >= 11 is 13.7. The average Bonchev–Trinajstić information content (AvgIpc) is 2.96. The first-order chi connectivity index (χ1) is 12.9. The smallest absolute Gasteiger partial charge is 0.251 e. The molecule has 0 saturated carbocycles. The second-order valence-corrected chi connectivity index (χ2v) is 8.60. The van der Waals surface area contributed by atoms with Crippen LogP contribution in [0.3, 0.4) is 0 Å². The molecule has 0 unspecified atom stereocenters. The summed E-state index contributed by atoms with van der Waals surface area (Å²) in [6, 6.07) is 5.43. The van der Waals surface area contributed by atoms with Gasteiger partial charge in [0.25, 0.3) is 5.91 Å². The van der Waals surface area contributed by atoms with Gasteiger partial charge in [0.1, 0.15) is 5.00 Å². The van der Waals surface area contributed by atoms with E-state index in [4.69, 9.17) is 28.9 Å². The normalized spacial score (nSPS) is 13.5. The number of anilines is 1. The third kappa shape index (κ3) is 4.63. The molecule has 144 valence electrons. The van der Waals surface area contributed by atoms with Crippen LogP contribution in [0.5, 0.6) is 0 Å². The summed E-state index contributed by atoms with van der Waals surface area (Å²) in [4.78, 5) is 27.4. The Balaban J connectivity index is 1.68. The molecule has 1 heterocycles. The van der Waals surface area contributed by atoms with E-state index in [1.165, 1.54) is 11.3 Å². The molecular weight excluding hydrogens is 405 g/mol. The van der Waals surface area contributed by atoms with Gasteiger partial charge in [-0.25, -0.2) is 0 Å². The number of fused-ring (bicyclic) bond motifs is 1. The molecule has 1 aromatic carbocycles. The zero-order chi connectivity index (χ0) is 19.6. The first kappa shape index (κ1) is 20.1. The van der Waals surface area contributed by atoms with E-state index in [1.807, 2.05) is 24.1 Å². The first-order valence-corrected chi connectivity index (χ1v) is 10.3. The molecule has 1 aromatic heterocycles. The molecule has 0 bridgehead atoms. The molecule has 1 aliphatic rings. The van der Waals surface area contributed by atoms with Crippen LogP contribution in [0.25, 0.3) is 0 Å². The minimum absolute atomic E-state index is 0.156. The maximum atomic E-state index is 12.5. The van der Waals surface area contributed by atoms with E-state index in [-0.39, 0.29) is 12.5 Å². The van der Waals surface area contributed by atoms with Crippen molar-refractivity contribution in [3.05, 3.63) is 49.8 Å². The number of thiophene rings is 1. The summed E-state index contributed by atoms with van der Waals surface area (Å²) in [5.74, 6) is -0.680. The van der Waals surface area contributed by atoms with Crippen LogP contribution in [-0.2, 0) is 24.2 Å². The lowest BCUT2D eigenvalue weighted by atomic mass is 9.95. The molecule has 0 fully saturated rings. The highest BCUT2D eigenvalue weighted by atomic mass is 35.5. The minimum Gasteiger partial charge on any atom is -0.365 e. The molecule has 2 amide bonds. The third-order valence-electron chi connectivity index (χ3n) is 4.56. The Hall–Kier alpha value is -1.60. The SMILES string of the molecule is CN(CC(=O)Nc1sc2c(c1C(N)=O)CCCC2)Cc1cccc(Cl)c1Cl. The quantitative estimate of drug-likeness (QED) is 0.730. The van der Waals surface area contributed by atoms with Gasteiger partial charge in [0.05, 0.1) is 22.2 Å². The van der Waals surface area contributed by atoms with Gasteiger partial charge in [-0.3, -0.25) is 14.5 Å². The van der Waals surface area contributed by atoms with Crippen molar-refractivity contribution >= 4 is 51.4 Å². The van der Waals surface area contributed by atoms with Gasteiger partial charge >= 0.3 is 0 Å². The van der Waals surface area contributed by atoms with Gasteiger partial charge in [-0.1, -0.05) is 35.3 Å². The second-order valence-electron chi connectivity index (χ2n) is 6.71. The van der Waals surface area contributed by atoms with E-state index in [9.17, 15) is 9.59 Å². The Morgan fingerprint density at radius 1 is 1.26 bits per heavy atom. The van der Waals surface area contributed by atoms with Crippen LogP contribution in [0, 0.1) is 0 Å². The summed E-state index contributed by atoms with van der Waals surface area (Å²) < 4.78 is 0. The van der Waals surface area contributed by atoms with E-state index in [0.29, 0.717) is 27.2 Å². The van der Waals surface area contributed by atoms with Crippen molar-refractivity contribution < 1.29 is 9.59 Å². The Bertz CT molecular complexity index is 882. The number of rotatable bonds is 6. The van der Waals surface area contributed by atoms with Crippen LogP contribution in [0.4, 0.5) is 5.00 Å². The Labute approximate surface area is 172 Å². The summed E-state index contributed by atoms with van der Waals surface area (Å²) in [6.45, 7) is 0.639. The van der Waals surface area contributed by atoms with Crippen LogP contribution < -0.4 is 11.1 Å². The molecule has 0 atom stereocenters. The maximum absolute atomic E-state index is 12.5. The van der Waals surface area contributed by atoms with Crippen LogP contribution in [0.2, 0.25) is 10.0 Å². The number of nitrogens with one attached hydrogen (secondary N) is 1. The lowest BCUT2D eigenvalue weighted by Gasteiger charge is -2.17. The molecule has 0 aliphatic heterocycles. The molecule has 3 rings (SSSR count). The fourth-order valence-electron chi connectivity index (χ4n) is 3.34. The number of aryl methyl sites for hydroxylation is 1. The van der Waals surface area contributed by atoms with Crippen LogP contribution in [-0.4, -0.2) is 30.3 Å². The lowest BCUT2D eigenvalue weighted by Crippen LogP contribution is -2.30. The number of hydrogen-bond donors (Lipinski definition) is 2. The fourth-order valence-corrected chi connectivity index (χ4v) is 5.03. The van der Waals surface area contributed by atoms with Gasteiger partial charge in [-0.2, -0.15) is 0 Å². The number of carbonyl (C=O) groups is 2. The van der Waals surface area contributed by atoms with E-state index < -0.39 is 5.91 Å². The molecule has 5 nitrogen and oxygen atoms in total. The first-order valence-electron chi connectivity index (χ1n) is 8.72. The number of nitrogens with zero attached hydrogens (tertiary/aromatic N) is 1. The molecule has 2 aromatic rings. The number of carbonyl (C=O) groups excluding carboxylic acids is 2. The van der Waals surface area contributed by atoms with Crippen molar-refractivity contribution in [2.24, 2.45) is 5.73 Å². The summed E-state index contributed by atoms with van der Waals surface area (Å²) in [5, 5.41) is 4.42. The Morgan fingerprint density at radius 2 is 2.00 bits per heavy atom. The number of primary amides is 1. The Kier molecular flexibility index (Phi) is 6.42. The minimum atomic E-state index is -0.483. The second kappa shape index (κ2) is 8.61. The van der Waals surface area contributed by atoms with Crippen LogP contribution in [0.1, 0.15) is 39.2 Å². The van der Waals surface area contributed by atoms with Crippen molar-refractivity contribution in [2.45, 2.75) is 32.2 Å². The van der Waals surface area contributed by atoms with E-state index in [2.05, 4.69) is 5.32 Å². The summed E-state index contributed by atoms with van der Waals surface area (Å²) in [6.07, 6.45) is 3.92. The monoisotopic (exact) mass is 425 g/mol. The van der Waals surface area contributed by atoms with Gasteiger partial charge in [0.15, 0.2) is 0 Å². The van der Waals surface area contributed by atoms with Crippen molar-refractivity contribution in [2.75, 3.05) is 18.9 Å². The standard InChI is InChI=1S/C19H21Cl2N3O2S/c1-24(9-11-5-4-7-13(20)17(11)21)10-15(25)23-19-16(18(22)26)12-6-2-3-8-14(12)27-19/h4-5,7H,2-3,6,8-10H2,1H3,(H2,22,26)(H,23,25). The van der Waals surface area contributed by atoms with Gasteiger partial charge < -0.3 is 11.1 Å². The van der Waals surface area contributed by atoms with Gasteiger partial charge in [-0.15, -0.1) is 11.3 Å². The molecule has 0 saturated heterocycles. The highest BCUT2D eigenvalue weighted by molar-refractivity contribution is 7.17. The number of likely N-dealkylation sites (N-methyl/N-ethyl adjacent to an activating group) is 1. The molecule has 3 N–H and O–H groups in total. The topological polar surface area (TPSA) is 75.4 Å². The lowest BCUT2D eigenvalue weighted by molar-refractivity contribution is -0.117. The summed E-state index contributed by atoms with van der Waals surface area (Å²) in [5.41, 5.74) is 7.91. The largest absolute Gasteiger partial charge is 0.365 e. The molecule has 1 aliphatic carbocycles. The van der Waals surface area contributed by atoms with Crippen molar-refractivity contribution in [3.8, 4) is 0 Å². The fraction of sp³-hybridized carbons (Fsp3) is 0.368. The average molecular weight is 426 g/mol. The van der Waals surface area contributed by atoms with Crippen molar-refractivity contribution in [3.63, 3.8) is 0 Å². The van der Waals surface area contributed by atoms with Crippen molar-refractivity contribution in [1.29, 1.82) is 0 Å². The molecular formula is C19H21Cl2N3O2S. The zero-order valence-electron chi connectivity index (χ0n) is 15.0. The highest BCUT2D eigenvalue weighted by Gasteiger charge is 2.25. The van der Waals surface area contributed by atoms with Gasteiger partial charge in [-0.05, 0) is 49.9 Å². The van der Waals surface area contributed by atoms with E-state index in [1.54, 1.807) is 6.07 Å². The van der Waals surface area contributed by atoms with Gasteiger partial charge in [0, 0.05) is 11.4 Å². The van der Waals surface area contributed by atoms with E-state index in [0.717, 1.165) is 41.7 Å². The highest BCUT2D eigenvalue weighted by Crippen LogP contribution is 2.37. The summed E-state index contributed by atoms with van der Waals surface area (Å²) in [7, 11) is 1.82. The third-order valence-corrected chi connectivity index (χ3v) is 6.62. The number of nitrogens with two attached hydrogens (primary N) is 1. The predicted octanol–water partition coefficient (Wildman–Crippen LogP) is 4.10. The molecule has 27 heavy (non-hydrogen) atoms. The maximum Gasteiger partial charge on any atom is 0.251 e. The number of hydrogen-bond acceptors (Lipinski definition) is 4. The number of benzene rings is 1.